The fraction of sp³-hybridized carbons (Fsp3) is 0.464. The largest absolute Gasteiger partial charge is 0.494 e. The minimum atomic E-state index is 0.186. The lowest BCUT2D eigenvalue weighted by Gasteiger charge is -2.38. The lowest BCUT2D eigenvalue weighted by Crippen LogP contribution is -2.51. The molecule has 2 aromatic rings. The zero-order valence-corrected chi connectivity index (χ0v) is 19.9. The first-order valence-corrected chi connectivity index (χ1v) is 12.4. The maximum atomic E-state index is 13.1. The predicted molar refractivity (Wildman–Crippen MR) is 134 cm³/mol. The molecule has 0 aliphatic carbocycles. The van der Waals surface area contributed by atoms with E-state index in [0.717, 1.165) is 70.9 Å². The van der Waals surface area contributed by atoms with Crippen LogP contribution in [0.25, 0.3) is 6.08 Å². The van der Waals surface area contributed by atoms with Crippen LogP contribution in [0.3, 0.4) is 0 Å². The van der Waals surface area contributed by atoms with Crippen molar-refractivity contribution in [3.63, 3.8) is 0 Å². The van der Waals surface area contributed by atoms with Crippen LogP contribution in [0.2, 0.25) is 0 Å². The highest BCUT2D eigenvalue weighted by atomic mass is 16.5. The summed E-state index contributed by atoms with van der Waals surface area (Å²) in [5, 5.41) is 0. The Labute approximate surface area is 198 Å². The molecular weight excluding hydrogens is 410 g/mol. The average molecular weight is 448 g/mol. The van der Waals surface area contributed by atoms with Gasteiger partial charge in [-0.15, -0.1) is 0 Å². The zero-order chi connectivity index (χ0) is 22.9. The Hall–Kier alpha value is -2.63. The third kappa shape index (κ3) is 6.92. The highest BCUT2D eigenvalue weighted by Crippen LogP contribution is 2.22. The van der Waals surface area contributed by atoms with Gasteiger partial charge in [0, 0.05) is 45.2 Å². The predicted octanol–water partition coefficient (Wildman–Crippen LogP) is 4.15. The number of hydrogen-bond donors (Lipinski definition) is 0. The van der Waals surface area contributed by atoms with Crippen LogP contribution in [0.5, 0.6) is 5.75 Å². The quantitative estimate of drug-likeness (QED) is 0.609. The molecule has 33 heavy (non-hydrogen) atoms. The number of rotatable bonds is 8. The summed E-state index contributed by atoms with van der Waals surface area (Å²) in [6.45, 7) is 10.2. The van der Waals surface area contributed by atoms with E-state index >= 15 is 0 Å². The molecule has 2 aliphatic rings. The fourth-order valence-electron chi connectivity index (χ4n) is 4.77. The Morgan fingerprint density at radius 3 is 2.27 bits per heavy atom. The molecule has 0 radical (unpaired) electrons. The van der Waals surface area contributed by atoms with Crippen molar-refractivity contribution in [1.29, 1.82) is 0 Å². The molecule has 2 heterocycles. The van der Waals surface area contributed by atoms with Crippen molar-refractivity contribution in [1.82, 2.24) is 14.7 Å². The van der Waals surface area contributed by atoms with E-state index in [0.29, 0.717) is 12.5 Å². The van der Waals surface area contributed by atoms with Gasteiger partial charge >= 0.3 is 0 Å². The van der Waals surface area contributed by atoms with Gasteiger partial charge in [-0.3, -0.25) is 14.6 Å². The molecule has 2 fully saturated rings. The Morgan fingerprint density at radius 1 is 0.909 bits per heavy atom. The molecule has 0 saturated carbocycles. The summed E-state index contributed by atoms with van der Waals surface area (Å²) in [4.78, 5) is 20.1. The lowest BCUT2D eigenvalue weighted by molar-refractivity contribution is -0.138. The number of benzene rings is 2. The number of carbonyl (C=O) groups is 1. The monoisotopic (exact) mass is 447 g/mol. The molecule has 0 atom stereocenters. The van der Waals surface area contributed by atoms with Crippen LogP contribution >= 0.6 is 0 Å². The van der Waals surface area contributed by atoms with Crippen molar-refractivity contribution in [2.45, 2.75) is 26.3 Å². The summed E-state index contributed by atoms with van der Waals surface area (Å²) in [5.41, 5.74) is 2.54. The fourth-order valence-corrected chi connectivity index (χ4v) is 4.77. The molecular formula is C28H37N3O2. The molecule has 4 rings (SSSR count). The summed E-state index contributed by atoms with van der Waals surface area (Å²) in [5.74, 6) is 1.49. The maximum absolute atomic E-state index is 13.1. The third-order valence-corrected chi connectivity index (χ3v) is 6.73. The van der Waals surface area contributed by atoms with Crippen LogP contribution in [0, 0.1) is 5.92 Å². The van der Waals surface area contributed by atoms with Gasteiger partial charge < -0.3 is 9.64 Å². The minimum Gasteiger partial charge on any atom is -0.494 e. The first-order chi connectivity index (χ1) is 16.2. The van der Waals surface area contributed by atoms with E-state index in [1.165, 1.54) is 11.1 Å². The number of ether oxygens (including phenoxy) is 1. The first-order valence-electron chi connectivity index (χ1n) is 12.4. The van der Waals surface area contributed by atoms with Crippen molar-refractivity contribution < 1.29 is 9.53 Å². The molecule has 5 heteroatoms. The molecule has 2 aromatic carbocycles. The SMILES string of the molecule is CCOc1ccc(CN2CCC(C(=O)N3CCN(C/C=C/c4ccccc4)CC3)CC2)cc1. The van der Waals surface area contributed by atoms with E-state index in [2.05, 4.69) is 63.2 Å². The second-order valence-electron chi connectivity index (χ2n) is 9.07. The van der Waals surface area contributed by atoms with Gasteiger partial charge in [0.1, 0.15) is 5.75 Å². The molecule has 0 spiro atoms. The number of carbonyl (C=O) groups excluding carboxylic acids is 1. The molecule has 0 unspecified atom stereocenters. The standard InChI is InChI=1S/C28H37N3O2/c1-2-33-27-12-10-25(11-13-27)23-30-17-14-26(15-18-30)28(32)31-21-19-29(20-22-31)16-6-9-24-7-4-3-5-8-24/h3-13,26H,2,14-23H2,1H3/b9-6+. The van der Waals surface area contributed by atoms with E-state index in [9.17, 15) is 4.79 Å². The maximum Gasteiger partial charge on any atom is 0.225 e. The van der Waals surface area contributed by atoms with Gasteiger partial charge in [0.25, 0.3) is 0 Å². The van der Waals surface area contributed by atoms with E-state index in [1.54, 1.807) is 0 Å². The first kappa shape index (κ1) is 23.5. The highest BCUT2D eigenvalue weighted by molar-refractivity contribution is 5.79. The number of hydrogen-bond acceptors (Lipinski definition) is 4. The van der Waals surface area contributed by atoms with Crippen LogP contribution in [-0.2, 0) is 11.3 Å². The smallest absolute Gasteiger partial charge is 0.225 e. The number of piperazine rings is 1. The summed E-state index contributed by atoms with van der Waals surface area (Å²) >= 11 is 0. The van der Waals surface area contributed by atoms with Gasteiger partial charge in [-0.1, -0.05) is 54.6 Å². The Kier molecular flexibility index (Phi) is 8.56. The molecule has 0 bridgehead atoms. The molecule has 0 N–H and O–H groups in total. The van der Waals surface area contributed by atoms with Crippen molar-refractivity contribution in [2.75, 3.05) is 52.4 Å². The van der Waals surface area contributed by atoms with Gasteiger partial charge in [0.2, 0.25) is 5.91 Å². The molecule has 0 aromatic heterocycles. The van der Waals surface area contributed by atoms with Crippen LogP contribution < -0.4 is 4.74 Å². The second kappa shape index (κ2) is 12.0. The molecule has 2 saturated heterocycles. The zero-order valence-electron chi connectivity index (χ0n) is 19.9. The van der Waals surface area contributed by atoms with Crippen molar-refractivity contribution in [3.05, 3.63) is 71.8 Å². The van der Waals surface area contributed by atoms with Gasteiger partial charge in [0.05, 0.1) is 6.61 Å². The second-order valence-corrected chi connectivity index (χ2v) is 9.07. The topological polar surface area (TPSA) is 36.0 Å². The Morgan fingerprint density at radius 2 is 1.61 bits per heavy atom. The lowest BCUT2D eigenvalue weighted by atomic mass is 9.94. The van der Waals surface area contributed by atoms with Crippen LogP contribution in [-0.4, -0.2) is 73.0 Å². The Balaban J connectivity index is 1.16. The number of piperidine rings is 1. The van der Waals surface area contributed by atoms with Crippen molar-refractivity contribution in [2.24, 2.45) is 5.92 Å². The third-order valence-electron chi connectivity index (χ3n) is 6.73. The van der Waals surface area contributed by atoms with Crippen molar-refractivity contribution in [3.8, 4) is 5.75 Å². The number of nitrogens with zero attached hydrogens (tertiary/aromatic N) is 3. The van der Waals surface area contributed by atoms with Gasteiger partial charge in [-0.2, -0.15) is 0 Å². The van der Waals surface area contributed by atoms with E-state index < -0.39 is 0 Å². The molecule has 2 aliphatic heterocycles. The van der Waals surface area contributed by atoms with E-state index in [1.807, 2.05) is 25.1 Å². The van der Waals surface area contributed by atoms with E-state index in [4.69, 9.17) is 4.74 Å². The minimum absolute atomic E-state index is 0.186. The van der Waals surface area contributed by atoms with Gasteiger partial charge in [-0.25, -0.2) is 0 Å². The van der Waals surface area contributed by atoms with Gasteiger partial charge in [0.15, 0.2) is 0 Å². The summed E-state index contributed by atoms with van der Waals surface area (Å²) in [6.07, 6.45) is 6.34. The van der Waals surface area contributed by atoms with Crippen LogP contribution in [0.1, 0.15) is 30.9 Å². The van der Waals surface area contributed by atoms with Crippen molar-refractivity contribution >= 4 is 12.0 Å². The van der Waals surface area contributed by atoms with Crippen LogP contribution in [0.15, 0.2) is 60.7 Å². The van der Waals surface area contributed by atoms with Gasteiger partial charge in [-0.05, 0) is 56.1 Å². The average Bonchev–Trinajstić information content (AvgIpc) is 2.87. The molecule has 176 valence electrons. The number of amides is 1. The summed E-state index contributed by atoms with van der Waals surface area (Å²) < 4.78 is 5.53. The number of likely N-dealkylation sites (tertiary alicyclic amines) is 1. The summed E-state index contributed by atoms with van der Waals surface area (Å²) in [6, 6.07) is 18.8. The van der Waals surface area contributed by atoms with Crippen LogP contribution in [0.4, 0.5) is 0 Å². The molecule has 5 nitrogen and oxygen atoms in total. The Bertz CT molecular complexity index is 881. The van der Waals surface area contributed by atoms with E-state index in [-0.39, 0.29) is 5.92 Å². The summed E-state index contributed by atoms with van der Waals surface area (Å²) in [7, 11) is 0. The normalized spacial score (nSPS) is 18.6. The highest BCUT2D eigenvalue weighted by Gasteiger charge is 2.30. The molecule has 1 amide bonds.